The second kappa shape index (κ2) is 10.1. The SMILES string of the molecule is Cc1cc(C)c(NC(CN(c2ccccc2)c2ccccc2)c2ccc3ccccc3c2)c(C)c1. The molecule has 5 rings (SSSR count). The molecular weight excluding hydrogens is 424 g/mol. The predicted molar refractivity (Wildman–Crippen MR) is 151 cm³/mol. The van der Waals surface area contributed by atoms with E-state index < -0.39 is 0 Å². The molecule has 5 aromatic carbocycles. The average molecular weight is 457 g/mol. The molecular formula is C33H32N2. The summed E-state index contributed by atoms with van der Waals surface area (Å²) in [4.78, 5) is 2.41. The van der Waals surface area contributed by atoms with Gasteiger partial charge in [0.05, 0.1) is 6.04 Å². The van der Waals surface area contributed by atoms with Crippen LogP contribution in [0.15, 0.2) is 115 Å². The van der Waals surface area contributed by atoms with Crippen molar-refractivity contribution in [3.05, 3.63) is 138 Å². The number of nitrogens with one attached hydrogen (secondary N) is 1. The van der Waals surface area contributed by atoms with E-state index in [-0.39, 0.29) is 6.04 Å². The summed E-state index contributed by atoms with van der Waals surface area (Å²) in [5, 5.41) is 6.48. The van der Waals surface area contributed by atoms with Crippen molar-refractivity contribution in [2.75, 3.05) is 16.8 Å². The lowest BCUT2D eigenvalue weighted by molar-refractivity contribution is 0.766. The maximum atomic E-state index is 3.95. The normalized spacial score (nSPS) is 11.9. The lowest BCUT2D eigenvalue weighted by Gasteiger charge is -2.32. The third-order valence-electron chi connectivity index (χ3n) is 6.67. The highest BCUT2D eigenvalue weighted by atomic mass is 15.2. The molecule has 0 fully saturated rings. The van der Waals surface area contributed by atoms with Crippen LogP contribution in [0.1, 0.15) is 28.3 Å². The van der Waals surface area contributed by atoms with Gasteiger partial charge in [-0.3, -0.25) is 0 Å². The van der Waals surface area contributed by atoms with E-state index in [1.807, 2.05) is 0 Å². The molecule has 0 aliphatic rings. The Morgan fingerprint density at radius 3 is 1.74 bits per heavy atom. The largest absolute Gasteiger partial charge is 0.376 e. The van der Waals surface area contributed by atoms with Crippen LogP contribution in [0, 0.1) is 20.8 Å². The number of fused-ring (bicyclic) bond motifs is 1. The Morgan fingerprint density at radius 1 is 0.600 bits per heavy atom. The minimum Gasteiger partial charge on any atom is -0.376 e. The summed E-state index contributed by atoms with van der Waals surface area (Å²) < 4.78 is 0. The van der Waals surface area contributed by atoms with Gasteiger partial charge in [-0.2, -0.15) is 0 Å². The Hall–Kier alpha value is -4.04. The number of nitrogens with zero attached hydrogens (tertiary/aromatic N) is 1. The Balaban J connectivity index is 1.60. The summed E-state index contributed by atoms with van der Waals surface area (Å²) in [6, 6.07) is 41.4. The van der Waals surface area contributed by atoms with E-state index in [4.69, 9.17) is 0 Å². The number of hydrogen-bond donors (Lipinski definition) is 1. The fourth-order valence-electron chi connectivity index (χ4n) is 5.00. The fourth-order valence-corrected chi connectivity index (χ4v) is 5.00. The highest BCUT2D eigenvalue weighted by Gasteiger charge is 2.20. The van der Waals surface area contributed by atoms with Crippen LogP contribution in [0.5, 0.6) is 0 Å². The molecule has 0 bridgehead atoms. The van der Waals surface area contributed by atoms with Crippen molar-refractivity contribution < 1.29 is 0 Å². The van der Waals surface area contributed by atoms with Gasteiger partial charge in [0.2, 0.25) is 0 Å². The Bertz CT molecular complexity index is 1360. The molecule has 0 aromatic heterocycles. The monoisotopic (exact) mass is 456 g/mol. The van der Waals surface area contributed by atoms with Crippen molar-refractivity contribution in [1.29, 1.82) is 0 Å². The molecule has 0 spiro atoms. The Labute approximate surface area is 208 Å². The molecule has 0 amide bonds. The smallest absolute Gasteiger partial charge is 0.0693 e. The van der Waals surface area contributed by atoms with Crippen molar-refractivity contribution in [2.24, 2.45) is 0 Å². The van der Waals surface area contributed by atoms with E-state index in [1.54, 1.807) is 0 Å². The predicted octanol–water partition coefficient (Wildman–Crippen LogP) is 8.76. The highest BCUT2D eigenvalue weighted by Crippen LogP contribution is 2.33. The first-order chi connectivity index (χ1) is 17.1. The molecule has 2 heteroatoms. The second-order valence-corrected chi connectivity index (χ2v) is 9.36. The number of hydrogen-bond acceptors (Lipinski definition) is 2. The molecule has 0 saturated heterocycles. The van der Waals surface area contributed by atoms with E-state index in [1.165, 1.54) is 50.1 Å². The van der Waals surface area contributed by atoms with E-state index in [9.17, 15) is 0 Å². The van der Waals surface area contributed by atoms with Gasteiger partial charge in [0, 0.05) is 23.6 Å². The van der Waals surface area contributed by atoms with Crippen LogP contribution in [-0.2, 0) is 0 Å². The third kappa shape index (κ3) is 5.07. The van der Waals surface area contributed by atoms with Gasteiger partial charge in [0.15, 0.2) is 0 Å². The van der Waals surface area contributed by atoms with Crippen molar-refractivity contribution in [3.8, 4) is 0 Å². The van der Waals surface area contributed by atoms with Gasteiger partial charge in [-0.1, -0.05) is 90.5 Å². The van der Waals surface area contributed by atoms with Gasteiger partial charge in [0.1, 0.15) is 0 Å². The lowest BCUT2D eigenvalue weighted by Crippen LogP contribution is -2.28. The summed E-state index contributed by atoms with van der Waals surface area (Å²) in [5.74, 6) is 0. The van der Waals surface area contributed by atoms with Gasteiger partial charge in [-0.15, -0.1) is 0 Å². The molecule has 1 N–H and O–H groups in total. The zero-order chi connectivity index (χ0) is 24.2. The molecule has 1 atom stereocenters. The Morgan fingerprint density at radius 2 is 1.14 bits per heavy atom. The number of aryl methyl sites for hydroxylation is 3. The third-order valence-corrected chi connectivity index (χ3v) is 6.67. The van der Waals surface area contributed by atoms with Gasteiger partial charge < -0.3 is 10.2 Å². The molecule has 174 valence electrons. The van der Waals surface area contributed by atoms with Crippen molar-refractivity contribution >= 4 is 27.8 Å². The lowest BCUT2D eigenvalue weighted by atomic mass is 9.98. The first-order valence-electron chi connectivity index (χ1n) is 12.3. The summed E-state index contributed by atoms with van der Waals surface area (Å²) in [5.41, 5.74) is 8.71. The topological polar surface area (TPSA) is 15.3 Å². The number of para-hydroxylation sites is 2. The minimum absolute atomic E-state index is 0.0834. The fraction of sp³-hybridized carbons (Fsp3) is 0.152. The minimum atomic E-state index is 0.0834. The average Bonchev–Trinajstić information content (AvgIpc) is 2.88. The van der Waals surface area contributed by atoms with Crippen molar-refractivity contribution in [3.63, 3.8) is 0 Å². The Kier molecular flexibility index (Phi) is 6.54. The zero-order valence-electron chi connectivity index (χ0n) is 20.7. The summed E-state index contributed by atoms with van der Waals surface area (Å²) in [6.45, 7) is 7.36. The summed E-state index contributed by atoms with van der Waals surface area (Å²) in [6.07, 6.45) is 0. The summed E-state index contributed by atoms with van der Waals surface area (Å²) >= 11 is 0. The first kappa shape index (κ1) is 22.7. The van der Waals surface area contributed by atoms with Crippen molar-refractivity contribution in [1.82, 2.24) is 0 Å². The molecule has 0 radical (unpaired) electrons. The zero-order valence-corrected chi connectivity index (χ0v) is 20.7. The van der Waals surface area contributed by atoms with Gasteiger partial charge in [-0.25, -0.2) is 0 Å². The van der Waals surface area contributed by atoms with Crippen molar-refractivity contribution in [2.45, 2.75) is 26.8 Å². The molecule has 35 heavy (non-hydrogen) atoms. The van der Waals surface area contributed by atoms with Crippen LogP contribution in [0.2, 0.25) is 0 Å². The molecule has 2 nitrogen and oxygen atoms in total. The summed E-state index contributed by atoms with van der Waals surface area (Å²) in [7, 11) is 0. The van der Waals surface area contributed by atoms with Crippen LogP contribution in [0.3, 0.4) is 0 Å². The number of rotatable bonds is 7. The van der Waals surface area contributed by atoms with Crippen LogP contribution in [0.4, 0.5) is 17.1 Å². The maximum absolute atomic E-state index is 3.95. The second-order valence-electron chi connectivity index (χ2n) is 9.36. The maximum Gasteiger partial charge on any atom is 0.0693 e. The van der Waals surface area contributed by atoms with Gasteiger partial charge >= 0.3 is 0 Å². The van der Waals surface area contributed by atoms with E-state index in [2.05, 4.69) is 146 Å². The molecule has 1 unspecified atom stereocenters. The van der Waals surface area contributed by atoms with E-state index >= 15 is 0 Å². The quantitative estimate of drug-likeness (QED) is 0.263. The van der Waals surface area contributed by atoms with Crippen LogP contribution in [-0.4, -0.2) is 6.54 Å². The van der Waals surface area contributed by atoms with Crippen LogP contribution >= 0.6 is 0 Å². The van der Waals surface area contributed by atoms with Crippen LogP contribution < -0.4 is 10.2 Å². The van der Waals surface area contributed by atoms with Crippen LogP contribution in [0.25, 0.3) is 10.8 Å². The van der Waals surface area contributed by atoms with Gasteiger partial charge in [0.25, 0.3) is 0 Å². The van der Waals surface area contributed by atoms with E-state index in [0.717, 1.165) is 6.54 Å². The molecule has 0 aliphatic heterocycles. The number of anilines is 3. The standard InChI is InChI=1S/C33H32N2/c1-24-20-25(2)33(26(3)21-24)34-32(29-19-18-27-12-10-11-13-28(27)22-29)23-35(30-14-6-4-7-15-30)31-16-8-5-9-17-31/h4-22,32,34H,23H2,1-3H3. The molecule has 0 saturated carbocycles. The molecule has 5 aromatic rings. The first-order valence-corrected chi connectivity index (χ1v) is 12.3. The highest BCUT2D eigenvalue weighted by molar-refractivity contribution is 5.83. The molecule has 0 heterocycles. The number of benzene rings is 5. The van der Waals surface area contributed by atoms with E-state index in [0.29, 0.717) is 0 Å². The molecule has 0 aliphatic carbocycles. The van der Waals surface area contributed by atoms with Gasteiger partial charge in [-0.05, 0) is 78.6 Å².